The molecule has 142 valence electrons. The maximum Gasteiger partial charge on any atom is 0.276 e. The second-order valence-electron chi connectivity index (χ2n) is 6.45. The van der Waals surface area contributed by atoms with Gasteiger partial charge in [-0.25, -0.2) is 4.39 Å². The number of amides is 2. The van der Waals surface area contributed by atoms with Crippen LogP contribution in [0.5, 0.6) is 0 Å². The molecule has 0 saturated carbocycles. The molecule has 4 rings (SSSR count). The van der Waals surface area contributed by atoms with Gasteiger partial charge >= 0.3 is 0 Å². The number of hydrogen-bond acceptors (Lipinski definition) is 4. The van der Waals surface area contributed by atoms with Crippen molar-refractivity contribution in [2.45, 2.75) is 19.3 Å². The summed E-state index contributed by atoms with van der Waals surface area (Å²) < 4.78 is 20.6. The normalized spacial score (nSPS) is 15.7. The zero-order valence-electron chi connectivity index (χ0n) is 14.8. The molecule has 0 fully saturated rings. The molecule has 0 spiro atoms. The minimum atomic E-state index is -0.532. The quantitative estimate of drug-likeness (QED) is 0.727. The molecule has 1 aliphatic heterocycles. The number of nitrogens with one attached hydrogen (secondary N) is 1. The van der Waals surface area contributed by atoms with Gasteiger partial charge in [-0.1, -0.05) is 12.1 Å². The Kier molecular flexibility index (Phi) is 4.62. The van der Waals surface area contributed by atoms with Gasteiger partial charge in [0, 0.05) is 11.3 Å². The number of fused-ring (bicyclic) bond motifs is 1. The predicted molar refractivity (Wildman–Crippen MR) is 99.1 cm³/mol. The SMILES string of the molecule is NC(=O)c1ccc(NC(=O)c2cc3n(n2)CC(c2ccc(F)cc2)OC3)cc1. The monoisotopic (exact) mass is 380 g/mol. The van der Waals surface area contributed by atoms with Crippen LogP contribution in [0.4, 0.5) is 10.1 Å². The molecule has 2 heterocycles. The maximum absolute atomic E-state index is 13.1. The second-order valence-corrected chi connectivity index (χ2v) is 6.45. The molecule has 3 N–H and O–H groups in total. The van der Waals surface area contributed by atoms with E-state index in [2.05, 4.69) is 10.4 Å². The summed E-state index contributed by atoms with van der Waals surface area (Å²) in [6.45, 7) is 0.733. The second kappa shape index (κ2) is 7.24. The summed E-state index contributed by atoms with van der Waals surface area (Å²) in [6, 6.07) is 14.1. The molecule has 0 bridgehead atoms. The van der Waals surface area contributed by atoms with Crippen molar-refractivity contribution in [3.05, 3.63) is 82.9 Å². The smallest absolute Gasteiger partial charge is 0.276 e. The zero-order chi connectivity index (χ0) is 19.7. The number of nitrogens with zero attached hydrogens (tertiary/aromatic N) is 2. The number of hydrogen-bond donors (Lipinski definition) is 2. The third-order valence-electron chi connectivity index (χ3n) is 4.54. The molecule has 7 nitrogen and oxygen atoms in total. The van der Waals surface area contributed by atoms with Gasteiger partial charge in [-0.3, -0.25) is 14.3 Å². The van der Waals surface area contributed by atoms with Crippen LogP contribution in [0.3, 0.4) is 0 Å². The van der Waals surface area contributed by atoms with Crippen LogP contribution in [-0.2, 0) is 17.9 Å². The van der Waals surface area contributed by atoms with Crippen LogP contribution in [0.2, 0.25) is 0 Å². The van der Waals surface area contributed by atoms with E-state index in [1.54, 1.807) is 35.0 Å². The fourth-order valence-electron chi connectivity index (χ4n) is 3.03. The Labute approximate surface area is 159 Å². The summed E-state index contributed by atoms with van der Waals surface area (Å²) >= 11 is 0. The molecule has 2 aromatic carbocycles. The fourth-order valence-corrected chi connectivity index (χ4v) is 3.03. The van der Waals surface area contributed by atoms with Crippen LogP contribution >= 0.6 is 0 Å². The van der Waals surface area contributed by atoms with Gasteiger partial charge in [-0.05, 0) is 48.0 Å². The van der Waals surface area contributed by atoms with E-state index < -0.39 is 5.91 Å². The minimum absolute atomic E-state index is 0.259. The molecule has 3 aromatic rings. The van der Waals surface area contributed by atoms with E-state index >= 15 is 0 Å². The number of carbonyl (C=O) groups excluding carboxylic acids is 2. The highest BCUT2D eigenvalue weighted by atomic mass is 19.1. The van der Waals surface area contributed by atoms with Gasteiger partial charge < -0.3 is 15.8 Å². The van der Waals surface area contributed by atoms with Crippen molar-refractivity contribution in [2.24, 2.45) is 5.73 Å². The van der Waals surface area contributed by atoms with Gasteiger partial charge in [-0.15, -0.1) is 0 Å². The Balaban J connectivity index is 1.47. The van der Waals surface area contributed by atoms with E-state index in [1.807, 2.05) is 0 Å². The molecule has 0 aliphatic carbocycles. The molecule has 0 saturated heterocycles. The number of benzene rings is 2. The predicted octanol–water partition coefficient (Wildman–Crippen LogP) is 2.64. The first-order valence-corrected chi connectivity index (χ1v) is 8.64. The van der Waals surface area contributed by atoms with Crippen molar-refractivity contribution in [1.29, 1.82) is 0 Å². The molecular weight excluding hydrogens is 363 g/mol. The van der Waals surface area contributed by atoms with Crippen LogP contribution in [-0.4, -0.2) is 21.6 Å². The van der Waals surface area contributed by atoms with Crippen molar-refractivity contribution in [3.63, 3.8) is 0 Å². The van der Waals surface area contributed by atoms with Gasteiger partial charge in [0.25, 0.3) is 5.91 Å². The summed E-state index contributed by atoms with van der Waals surface area (Å²) in [4.78, 5) is 23.6. The van der Waals surface area contributed by atoms with Crippen LogP contribution in [0.15, 0.2) is 54.6 Å². The van der Waals surface area contributed by atoms with Gasteiger partial charge in [0.05, 0.1) is 18.8 Å². The molecule has 28 heavy (non-hydrogen) atoms. The lowest BCUT2D eigenvalue weighted by Crippen LogP contribution is -2.22. The first kappa shape index (κ1) is 17.9. The van der Waals surface area contributed by atoms with Crippen LogP contribution in [0.25, 0.3) is 0 Å². The number of nitrogens with two attached hydrogens (primary N) is 1. The molecule has 8 heteroatoms. The Bertz CT molecular complexity index is 1030. The number of anilines is 1. The summed E-state index contributed by atoms with van der Waals surface area (Å²) in [7, 11) is 0. The van der Waals surface area contributed by atoms with Crippen molar-refractivity contribution >= 4 is 17.5 Å². The Morgan fingerprint density at radius 1 is 1.14 bits per heavy atom. The fraction of sp³-hybridized carbons (Fsp3) is 0.150. The minimum Gasteiger partial charge on any atom is -0.366 e. The summed E-state index contributed by atoms with van der Waals surface area (Å²) in [5.74, 6) is -1.20. The number of primary amides is 1. The van der Waals surface area contributed by atoms with Crippen molar-refractivity contribution in [3.8, 4) is 0 Å². The number of ether oxygens (including phenoxy) is 1. The van der Waals surface area contributed by atoms with Gasteiger partial charge in [0.15, 0.2) is 5.69 Å². The molecule has 1 atom stereocenters. The Hall–Kier alpha value is -3.52. The zero-order valence-corrected chi connectivity index (χ0v) is 14.8. The first-order valence-electron chi connectivity index (χ1n) is 8.64. The third kappa shape index (κ3) is 3.63. The summed E-state index contributed by atoms with van der Waals surface area (Å²) in [5.41, 5.74) is 7.99. The van der Waals surface area contributed by atoms with E-state index in [4.69, 9.17) is 10.5 Å². The number of carbonyl (C=O) groups is 2. The summed E-state index contributed by atoms with van der Waals surface area (Å²) in [6.07, 6.45) is -0.259. The summed E-state index contributed by atoms with van der Waals surface area (Å²) in [5, 5.41) is 7.10. The van der Waals surface area contributed by atoms with E-state index in [1.165, 1.54) is 24.3 Å². The van der Waals surface area contributed by atoms with Gasteiger partial charge in [-0.2, -0.15) is 5.10 Å². The molecule has 1 aliphatic rings. The Morgan fingerprint density at radius 3 is 2.54 bits per heavy atom. The molecule has 2 amide bonds. The van der Waals surface area contributed by atoms with E-state index in [-0.39, 0.29) is 23.5 Å². The highest BCUT2D eigenvalue weighted by Gasteiger charge is 2.24. The van der Waals surface area contributed by atoms with Crippen LogP contribution in [0, 0.1) is 5.82 Å². The van der Waals surface area contributed by atoms with Gasteiger partial charge in [0.2, 0.25) is 5.91 Å². The van der Waals surface area contributed by atoms with E-state index in [0.29, 0.717) is 24.4 Å². The number of aromatic nitrogens is 2. The highest BCUT2D eigenvalue weighted by molar-refractivity contribution is 6.03. The standard InChI is InChI=1S/C20H17FN4O3/c21-14-5-1-12(2-6-14)18-10-25-16(11-28-18)9-17(24-25)20(27)23-15-7-3-13(4-8-15)19(22)26/h1-9,18H,10-11H2,(H2,22,26)(H,23,27). The third-order valence-corrected chi connectivity index (χ3v) is 4.54. The van der Waals surface area contributed by atoms with Crippen LogP contribution < -0.4 is 11.1 Å². The van der Waals surface area contributed by atoms with Crippen molar-refractivity contribution in [1.82, 2.24) is 9.78 Å². The lowest BCUT2D eigenvalue weighted by atomic mass is 10.1. The highest BCUT2D eigenvalue weighted by Crippen LogP contribution is 2.27. The van der Waals surface area contributed by atoms with Crippen LogP contribution in [0.1, 0.15) is 38.2 Å². The molecule has 1 aromatic heterocycles. The Morgan fingerprint density at radius 2 is 1.86 bits per heavy atom. The molecule has 1 unspecified atom stereocenters. The van der Waals surface area contributed by atoms with Gasteiger partial charge in [0.1, 0.15) is 11.9 Å². The van der Waals surface area contributed by atoms with Crippen molar-refractivity contribution < 1.29 is 18.7 Å². The number of rotatable bonds is 4. The topological polar surface area (TPSA) is 99.2 Å². The first-order chi connectivity index (χ1) is 13.5. The van der Waals surface area contributed by atoms with E-state index in [9.17, 15) is 14.0 Å². The largest absolute Gasteiger partial charge is 0.366 e. The number of halogens is 1. The molecule has 0 radical (unpaired) electrons. The average Bonchev–Trinajstić information content (AvgIpc) is 3.12. The lowest BCUT2D eigenvalue weighted by Gasteiger charge is -2.24. The lowest BCUT2D eigenvalue weighted by molar-refractivity contribution is -0.00122. The van der Waals surface area contributed by atoms with Crippen molar-refractivity contribution in [2.75, 3.05) is 5.32 Å². The molecular formula is C20H17FN4O3. The average molecular weight is 380 g/mol. The maximum atomic E-state index is 13.1. The van der Waals surface area contributed by atoms with E-state index in [0.717, 1.165) is 11.3 Å².